The highest BCUT2D eigenvalue weighted by Crippen LogP contribution is 2.42. The van der Waals surface area contributed by atoms with Gasteiger partial charge in [0.1, 0.15) is 5.76 Å². The molecule has 0 radical (unpaired) electrons. The fourth-order valence-electron chi connectivity index (χ4n) is 4.91. The molecule has 0 saturated carbocycles. The summed E-state index contributed by atoms with van der Waals surface area (Å²) >= 11 is 1.48. The molecule has 4 atom stereocenters. The van der Waals surface area contributed by atoms with E-state index in [1.54, 1.807) is 0 Å². The van der Waals surface area contributed by atoms with E-state index in [1.807, 2.05) is 6.92 Å². The van der Waals surface area contributed by atoms with Crippen molar-refractivity contribution in [2.24, 2.45) is 17.8 Å². The molecule has 2 aliphatic rings. The lowest BCUT2D eigenvalue weighted by molar-refractivity contribution is -0.137. The van der Waals surface area contributed by atoms with Gasteiger partial charge in [0.05, 0.1) is 11.1 Å². The van der Waals surface area contributed by atoms with E-state index in [9.17, 15) is 23.1 Å². The Balaban J connectivity index is 1.77. The van der Waals surface area contributed by atoms with Crippen LogP contribution >= 0.6 is 11.8 Å². The van der Waals surface area contributed by atoms with E-state index in [2.05, 4.69) is 26.8 Å². The van der Waals surface area contributed by atoms with Gasteiger partial charge in [-0.2, -0.15) is 13.2 Å². The summed E-state index contributed by atoms with van der Waals surface area (Å²) in [4.78, 5) is 14.1. The van der Waals surface area contributed by atoms with Gasteiger partial charge in [-0.3, -0.25) is 4.79 Å². The molecule has 1 aromatic rings. The Morgan fingerprint density at radius 2 is 1.74 bits per heavy atom. The molecule has 0 aromatic heterocycles. The summed E-state index contributed by atoms with van der Waals surface area (Å²) in [6.07, 6.45) is -1.38. The van der Waals surface area contributed by atoms with Crippen LogP contribution < -0.4 is 0 Å². The lowest BCUT2D eigenvalue weighted by Gasteiger charge is -2.33. The molecule has 186 valence electrons. The third kappa shape index (κ3) is 6.36. The van der Waals surface area contributed by atoms with Gasteiger partial charge in [0.15, 0.2) is 12.1 Å². The van der Waals surface area contributed by atoms with Crippen molar-refractivity contribution in [2.75, 3.05) is 5.75 Å². The van der Waals surface area contributed by atoms with Crippen molar-refractivity contribution < 1.29 is 27.8 Å². The largest absolute Gasteiger partial charge is 0.469 e. The van der Waals surface area contributed by atoms with Crippen LogP contribution in [0.2, 0.25) is 0 Å². The molecule has 0 amide bonds. The van der Waals surface area contributed by atoms with Crippen LogP contribution in [0.3, 0.4) is 0 Å². The average molecular weight is 495 g/mol. The zero-order valence-electron chi connectivity index (χ0n) is 20.3. The monoisotopic (exact) mass is 494 g/mol. The first-order chi connectivity index (χ1) is 15.9. The first-order valence-corrected chi connectivity index (χ1v) is 12.6. The molecule has 3 nitrogen and oxygen atoms in total. The molecule has 2 aliphatic carbocycles. The fraction of sp³-hybridized carbons (Fsp3) is 0.519. The molecule has 0 aliphatic heterocycles. The van der Waals surface area contributed by atoms with Gasteiger partial charge in [0, 0.05) is 23.5 Å². The lowest BCUT2D eigenvalue weighted by atomic mass is 9.74. The van der Waals surface area contributed by atoms with Gasteiger partial charge in [-0.05, 0) is 80.4 Å². The van der Waals surface area contributed by atoms with Crippen LogP contribution in [0.4, 0.5) is 13.2 Å². The normalized spacial score (nSPS) is 23.7. The van der Waals surface area contributed by atoms with Gasteiger partial charge in [0.25, 0.3) is 0 Å². The minimum absolute atomic E-state index is 0.0231. The van der Waals surface area contributed by atoms with Crippen molar-refractivity contribution in [3.05, 3.63) is 64.0 Å². The minimum Gasteiger partial charge on any atom is -0.469 e. The molecular weight excluding hydrogens is 461 g/mol. The number of hydrogen-bond acceptors (Lipinski definition) is 4. The maximum absolute atomic E-state index is 13.4. The number of carbonyl (C=O) groups excluding carboxylic acids is 1. The number of ether oxygens (including phenoxy) is 1. The van der Waals surface area contributed by atoms with Crippen LogP contribution in [0.15, 0.2) is 63.3 Å². The number of ketones is 1. The Kier molecular flexibility index (Phi) is 8.40. The van der Waals surface area contributed by atoms with E-state index in [0.717, 1.165) is 40.2 Å². The second-order valence-corrected chi connectivity index (χ2v) is 10.7. The predicted molar refractivity (Wildman–Crippen MR) is 129 cm³/mol. The number of rotatable bonds is 7. The van der Waals surface area contributed by atoms with E-state index in [-0.39, 0.29) is 17.6 Å². The Hall–Kier alpha value is -1.99. The van der Waals surface area contributed by atoms with Crippen molar-refractivity contribution in [1.82, 2.24) is 0 Å². The third-order valence-electron chi connectivity index (χ3n) is 6.50. The van der Waals surface area contributed by atoms with E-state index in [0.29, 0.717) is 35.8 Å². The number of alkyl halides is 3. The maximum Gasteiger partial charge on any atom is 0.416 e. The van der Waals surface area contributed by atoms with Crippen LogP contribution in [0.1, 0.15) is 59.4 Å². The Bertz CT molecular complexity index is 1000. The third-order valence-corrected chi connectivity index (χ3v) is 7.80. The zero-order valence-corrected chi connectivity index (χ0v) is 21.1. The molecule has 0 bridgehead atoms. The summed E-state index contributed by atoms with van der Waals surface area (Å²) in [6.45, 7) is 9.82. The molecule has 7 heteroatoms. The molecule has 0 spiro atoms. The van der Waals surface area contributed by atoms with Crippen molar-refractivity contribution in [1.29, 1.82) is 0 Å². The van der Waals surface area contributed by atoms with Crippen LogP contribution in [0.5, 0.6) is 0 Å². The number of Topliss-reactive ketones (excluding diaryl/α,β-unsaturated/α-hetero) is 1. The number of halogens is 3. The summed E-state index contributed by atoms with van der Waals surface area (Å²) in [5.74, 6) is 1.80. The minimum atomic E-state index is -4.35. The van der Waals surface area contributed by atoms with Gasteiger partial charge in [0.2, 0.25) is 0 Å². The van der Waals surface area contributed by atoms with E-state index >= 15 is 0 Å². The number of hydrogen-bond donors (Lipinski definition) is 1. The fourth-order valence-corrected chi connectivity index (χ4v) is 5.96. The zero-order chi connectivity index (χ0) is 25.2. The van der Waals surface area contributed by atoms with Crippen LogP contribution in [-0.2, 0) is 15.7 Å². The topological polar surface area (TPSA) is 46.5 Å². The number of thioether (sulfide) groups is 1. The quantitative estimate of drug-likeness (QED) is 0.319. The summed E-state index contributed by atoms with van der Waals surface area (Å²) in [6, 6.07) is 5.16. The van der Waals surface area contributed by atoms with Crippen molar-refractivity contribution in [2.45, 2.75) is 71.2 Å². The number of aliphatic hydroxyl groups excluding tert-OH is 1. The van der Waals surface area contributed by atoms with Gasteiger partial charge in [-0.15, -0.1) is 11.8 Å². The van der Waals surface area contributed by atoms with Gasteiger partial charge < -0.3 is 9.84 Å². The number of allylic oxidation sites excluding steroid dienone is 6. The smallest absolute Gasteiger partial charge is 0.416 e. The molecule has 4 unspecified atom stereocenters. The highest BCUT2D eigenvalue weighted by molar-refractivity contribution is 7.99. The highest BCUT2D eigenvalue weighted by Gasteiger charge is 2.36. The second-order valence-electron chi connectivity index (χ2n) is 9.60. The summed E-state index contributed by atoms with van der Waals surface area (Å²) in [5, 5.41) is 9.95. The summed E-state index contributed by atoms with van der Waals surface area (Å²) < 4.78 is 44.2. The van der Waals surface area contributed by atoms with Crippen molar-refractivity contribution >= 4 is 17.5 Å². The molecular formula is C27H33F3O3S. The molecule has 3 rings (SSSR count). The summed E-state index contributed by atoms with van der Waals surface area (Å²) in [7, 11) is 0. The number of benzene rings is 1. The number of carbonyl (C=O) groups is 1. The first-order valence-electron chi connectivity index (χ1n) is 11.7. The van der Waals surface area contributed by atoms with Crippen molar-refractivity contribution in [3.8, 4) is 0 Å². The highest BCUT2D eigenvalue weighted by atomic mass is 32.2. The average Bonchev–Trinajstić information content (AvgIpc) is 2.72. The Morgan fingerprint density at radius 3 is 2.29 bits per heavy atom. The van der Waals surface area contributed by atoms with E-state index < -0.39 is 18.0 Å². The summed E-state index contributed by atoms with van der Waals surface area (Å²) in [5.41, 5.74) is 3.11. The van der Waals surface area contributed by atoms with E-state index in [1.165, 1.54) is 30.8 Å². The van der Waals surface area contributed by atoms with Gasteiger partial charge in [-0.25, -0.2) is 0 Å². The molecule has 0 saturated heterocycles. The molecule has 1 N–H and O–H groups in total. The lowest BCUT2D eigenvalue weighted by Crippen LogP contribution is -2.29. The maximum atomic E-state index is 13.4. The SMILES string of the molecule is CC1=CC(C)CC(C)=C1C1=C(OC(C)O)CC(C(C)CSc2ccc(C(F)(F)F)cc2)CC1=O. The second kappa shape index (κ2) is 10.7. The van der Waals surface area contributed by atoms with Crippen molar-refractivity contribution in [3.63, 3.8) is 0 Å². The van der Waals surface area contributed by atoms with Crippen LogP contribution in [0.25, 0.3) is 0 Å². The van der Waals surface area contributed by atoms with Crippen LogP contribution in [-0.4, -0.2) is 22.9 Å². The Labute approximate surface area is 204 Å². The molecule has 0 fully saturated rings. The van der Waals surface area contributed by atoms with E-state index in [4.69, 9.17) is 4.74 Å². The molecule has 1 aromatic carbocycles. The standard InChI is InChI=1S/C27H33F3O3S/c1-15-10-16(2)25(17(3)11-15)26-23(32)12-20(13-24(26)33-19(5)31)18(4)14-34-22-8-6-21(7-9-22)27(28,29)30/h6-10,15,18-20,31H,11-14H2,1-5H3. The molecule has 0 heterocycles. The predicted octanol–water partition coefficient (Wildman–Crippen LogP) is 7.32. The van der Waals surface area contributed by atoms with Gasteiger partial charge >= 0.3 is 6.18 Å². The van der Waals surface area contributed by atoms with Gasteiger partial charge in [-0.1, -0.05) is 25.5 Å². The Morgan fingerprint density at radius 1 is 1.09 bits per heavy atom. The number of aliphatic hydroxyl groups is 1. The molecule has 34 heavy (non-hydrogen) atoms. The first kappa shape index (κ1) is 26.6. The van der Waals surface area contributed by atoms with Crippen LogP contribution in [0, 0.1) is 17.8 Å².